The summed E-state index contributed by atoms with van der Waals surface area (Å²) in [4.78, 5) is 20.8. The number of hydrogen-bond donors (Lipinski definition) is 1. The van der Waals surface area contributed by atoms with E-state index in [4.69, 9.17) is 5.11 Å². The second kappa shape index (κ2) is 4.72. The molecule has 0 aromatic heterocycles. The van der Waals surface area contributed by atoms with E-state index in [2.05, 4.69) is 0 Å². The Bertz CT molecular complexity index is 343. The number of rotatable bonds is 3. The van der Waals surface area contributed by atoms with Crippen molar-refractivity contribution in [2.45, 2.75) is 32.2 Å². The summed E-state index contributed by atoms with van der Waals surface area (Å²) in [5.74, 6) is -0.987. The van der Waals surface area contributed by atoms with E-state index in [0.717, 1.165) is 5.57 Å². The molecule has 1 atom stereocenters. The smallest absolute Gasteiger partial charge is 0.331 e. The standard InChI is InChI=1S/C10H13NO4/c1-7(10(12)13)5-8-3-2-4-9(6-8)11(14)15/h3,5,9H,2,4,6H2,1H3,(H,12,13)/b7-5+. The van der Waals surface area contributed by atoms with E-state index in [1.54, 1.807) is 0 Å². The van der Waals surface area contributed by atoms with Crippen LogP contribution in [0.25, 0.3) is 0 Å². The first kappa shape index (κ1) is 11.4. The van der Waals surface area contributed by atoms with Gasteiger partial charge in [-0.05, 0) is 25.0 Å². The molecule has 1 N–H and O–H groups in total. The lowest BCUT2D eigenvalue weighted by Crippen LogP contribution is -2.22. The fourth-order valence-electron chi connectivity index (χ4n) is 1.56. The number of aliphatic carboxylic acids is 1. The average molecular weight is 211 g/mol. The zero-order valence-corrected chi connectivity index (χ0v) is 8.47. The molecule has 0 aromatic carbocycles. The van der Waals surface area contributed by atoms with Crippen LogP contribution in [0.1, 0.15) is 26.2 Å². The summed E-state index contributed by atoms with van der Waals surface area (Å²) >= 11 is 0. The first-order chi connectivity index (χ1) is 7.00. The summed E-state index contributed by atoms with van der Waals surface area (Å²) in [7, 11) is 0. The van der Waals surface area contributed by atoms with Gasteiger partial charge in [0.1, 0.15) is 0 Å². The van der Waals surface area contributed by atoms with Gasteiger partial charge in [-0.3, -0.25) is 10.1 Å². The van der Waals surface area contributed by atoms with Gasteiger partial charge in [-0.15, -0.1) is 0 Å². The minimum Gasteiger partial charge on any atom is -0.478 e. The average Bonchev–Trinajstić information content (AvgIpc) is 2.18. The zero-order valence-electron chi connectivity index (χ0n) is 8.47. The molecule has 0 saturated heterocycles. The predicted molar refractivity (Wildman–Crippen MR) is 54.1 cm³/mol. The quantitative estimate of drug-likeness (QED) is 0.438. The molecule has 15 heavy (non-hydrogen) atoms. The van der Waals surface area contributed by atoms with Crippen molar-refractivity contribution >= 4 is 5.97 Å². The second-order valence-electron chi connectivity index (χ2n) is 3.63. The number of allylic oxidation sites excluding steroid dienone is 2. The van der Waals surface area contributed by atoms with Crippen LogP contribution in [-0.4, -0.2) is 22.0 Å². The third-order valence-electron chi connectivity index (χ3n) is 2.42. The van der Waals surface area contributed by atoms with Crippen molar-refractivity contribution in [3.05, 3.63) is 33.4 Å². The Morgan fingerprint density at radius 2 is 2.40 bits per heavy atom. The van der Waals surface area contributed by atoms with Gasteiger partial charge in [-0.2, -0.15) is 0 Å². The fraction of sp³-hybridized carbons (Fsp3) is 0.500. The van der Waals surface area contributed by atoms with Crippen molar-refractivity contribution in [2.75, 3.05) is 0 Å². The Labute approximate surface area is 87.2 Å². The van der Waals surface area contributed by atoms with Gasteiger partial charge in [0.05, 0.1) is 0 Å². The summed E-state index contributed by atoms with van der Waals surface area (Å²) in [5.41, 5.74) is 0.966. The Kier molecular flexibility index (Phi) is 3.60. The Balaban J connectivity index is 2.72. The number of nitrogens with zero attached hydrogens (tertiary/aromatic N) is 1. The van der Waals surface area contributed by atoms with E-state index in [1.165, 1.54) is 13.0 Å². The Hall–Kier alpha value is -1.65. The van der Waals surface area contributed by atoms with Gasteiger partial charge < -0.3 is 5.11 Å². The van der Waals surface area contributed by atoms with Gasteiger partial charge in [0.15, 0.2) is 0 Å². The van der Waals surface area contributed by atoms with Gasteiger partial charge in [0, 0.05) is 23.3 Å². The molecule has 5 heteroatoms. The molecule has 0 saturated carbocycles. The first-order valence-corrected chi connectivity index (χ1v) is 4.75. The molecule has 0 amide bonds. The molecule has 0 aromatic rings. The van der Waals surface area contributed by atoms with E-state index in [-0.39, 0.29) is 10.5 Å². The summed E-state index contributed by atoms with van der Waals surface area (Å²) in [6.45, 7) is 1.49. The topological polar surface area (TPSA) is 80.4 Å². The molecule has 0 heterocycles. The maximum atomic E-state index is 10.6. The van der Waals surface area contributed by atoms with Crippen molar-refractivity contribution in [3.63, 3.8) is 0 Å². The minimum absolute atomic E-state index is 0.213. The minimum atomic E-state index is -0.987. The monoisotopic (exact) mass is 211 g/mol. The van der Waals surface area contributed by atoms with Crippen LogP contribution in [0.3, 0.4) is 0 Å². The van der Waals surface area contributed by atoms with Crippen molar-refractivity contribution in [3.8, 4) is 0 Å². The lowest BCUT2D eigenvalue weighted by atomic mass is 9.94. The Morgan fingerprint density at radius 1 is 1.73 bits per heavy atom. The number of carbonyl (C=O) groups is 1. The highest BCUT2D eigenvalue weighted by atomic mass is 16.6. The van der Waals surface area contributed by atoms with Crippen LogP contribution in [0.5, 0.6) is 0 Å². The number of carboxylic acids is 1. The summed E-state index contributed by atoms with van der Waals surface area (Å²) in [6, 6.07) is -0.567. The van der Waals surface area contributed by atoms with Gasteiger partial charge in [-0.1, -0.05) is 6.08 Å². The summed E-state index contributed by atoms with van der Waals surface area (Å²) in [5, 5.41) is 19.2. The fourth-order valence-corrected chi connectivity index (χ4v) is 1.56. The molecule has 0 radical (unpaired) electrons. The molecular weight excluding hydrogens is 198 g/mol. The van der Waals surface area contributed by atoms with Gasteiger partial charge in [0.2, 0.25) is 6.04 Å². The van der Waals surface area contributed by atoms with Crippen LogP contribution in [-0.2, 0) is 4.79 Å². The molecule has 0 spiro atoms. The van der Waals surface area contributed by atoms with E-state index < -0.39 is 12.0 Å². The van der Waals surface area contributed by atoms with Crippen molar-refractivity contribution < 1.29 is 14.8 Å². The molecule has 1 aliphatic carbocycles. The Morgan fingerprint density at radius 3 is 2.93 bits per heavy atom. The van der Waals surface area contributed by atoms with Crippen molar-refractivity contribution in [2.24, 2.45) is 0 Å². The predicted octanol–water partition coefficient (Wildman–Crippen LogP) is 1.77. The lowest BCUT2D eigenvalue weighted by molar-refractivity contribution is -0.523. The lowest BCUT2D eigenvalue weighted by Gasteiger charge is -2.14. The molecule has 0 aliphatic heterocycles. The summed E-state index contributed by atoms with van der Waals surface area (Å²) in [6.07, 6.45) is 4.89. The van der Waals surface area contributed by atoms with Crippen LogP contribution in [0.15, 0.2) is 23.3 Å². The first-order valence-electron chi connectivity index (χ1n) is 4.75. The molecule has 0 bridgehead atoms. The molecule has 82 valence electrons. The van der Waals surface area contributed by atoms with Gasteiger partial charge >= 0.3 is 5.97 Å². The second-order valence-corrected chi connectivity index (χ2v) is 3.63. The number of nitro groups is 1. The number of carboxylic acid groups (broad SMARTS) is 1. The maximum absolute atomic E-state index is 10.6. The van der Waals surface area contributed by atoms with Crippen LogP contribution in [0, 0.1) is 10.1 Å². The SMILES string of the molecule is C/C(=C\C1=CCCC([N+](=O)[O-])C1)C(=O)O. The van der Waals surface area contributed by atoms with Crippen LogP contribution in [0.4, 0.5) is 0 Å². The third kappa shape index (κ3) is 3.19. The summed E-state index contributed by atoms with van der Waals surface area (Å²) < 4.78 is 0. The van der Waals surface area contributed by atoms with E-state index in [0.29, 0.717) is 19.3 Å². The van der Waals surface area contributed by atoms with Crippen LogP contribution >= 0.6 is 0 Å². The van der Waals surface area contributed by atoms with Gasteiger partial charge in [-0.25, -0.2) is 4.79 Å². The van der Waals surface area contributed by atoms with Crippen LogP contribution in [0.2, 0.25) is 0 Å². The molecule has 1 rings (SSSR count). The normalized spacial score (nSPS) is 22.1. The van der Waals surface area contributed by atoms with Gasteiger partial charge in [0.25, 0.3) is 0 Å². The van der Waals surface area contributed by atoms with Crippen molar-refractivity contribution in [1.29, 1.82) is 0 Å². The molecule has 0 fully saturated rings. The highest BCUT2D eigenvalue weighted by molar-refractivity contribution is 5.86. The molecule has 1 aliphatic rings. The van der Waals surface area contributed by atoms with E-state index in [1.807, 2.05) is 6.08 Å². The largest absolute Gasteiger partial charge is 0.478 e. The van der Waals surface area contributed by atoms with Crippen molar-refractivity contribution in [1.82, 2.24) is 0 Å². The highest BCUT2D eigenvalue weighted by Gasteiger charge is 2.23. The highest BCUT2D eigenvalue weighted by Crippen LogP contribution is 2.22. The maximum Gasteiger partial charge on any atom is 0.331 e. The number of hydrogen-bond acceptors (Lipinski definition) is 3. The third-order valence-corrected chi connectivity index (χ3v) is 2.42. The molecular formula is C10H13NO4. The van der Waals surface area contributed by atoms with Crippen LogP contribution < -0.4 is 0 Å². The van der Waals surface area contributed by atoms with E-state index in [9.17, 15) is 14.9 Å². The van der Waals surface area contributed by atoms with E-state index >= 15 is 0 Å². The molecule has 5 nitrogen and oxygen atoms in total. The zero-order chi connectivity index (χ0) is 11.4. The molecule has 1 unspecified atom stereocenters.